The molecule has 10 heteroatoms. The number of aliphatic carboxylic acids is 1. The number of hydrogen-bond donors (Lipinski definition) is 1. The summed E-state index contributed by atoms with van der Waals surface area (Å²) in [7, 11) is 0. The van der Waals surface area contributed by atoms with E-state index in [0.717, 1.165) is 56.1 Å². The minimum Gasteiger partial charge on any atom is -0.481 e. The third-order valence-corrected chi connectivity index (χ3v) is 9.22. The molecule has 3 aromatic rings. The molecule has 6 rings (SSSR count). The van der Waals surface area contributed by atoms with Gasteiger partial charge in [-0.1, -0.05) is 31.7 Å². The van der Waals surface area contributed by atoms with E-state index in [0.29, 0.717) is 47.5 Å². The van der Waals surface area contributed by atoms with E-state index in [4.69, 9.17) is 4.98 Å². The monoisotopic (exact) mass is 576 g/mol. The molecule has 0 unspecified atom stereocenters. The van der Waals surface area contributed by atoms with Gasteiger partial charge in [0.25, 0.3) is 0 Å². The largest absolute Gasteiger partial charge is 0.481 e. The Morgan fingerprint density at radius 1 is 1.10 bits per heavy atom. The molecule has 0 spiro atoms. The molecule has 2 aromatic heterocycles. The molecule has 8 nitrogen and oxygen atoms in total. The van der Waals surface area contributed by atoms with Gasteiger partial charge in [0.1, 0.15) is 11.6 Å². The minimum atomic E-state index is -0.963. The summed E-state index contributed by atoms with van der Waals surface area (Å²) in [6, 6.07) is 8.20. The van der Waals surface area contributed by atoms with Gasteiger partial charge in [-0.05, 0) is 61.4 Å². The smallest absolute Gasteiger partial charge is 0.304 e. The van der Waals surface area contributed by atoms with Crippen LogP contribution in [0.3, 0.4) is 0 Å². The van der Waals surface area contributed by atoms with E-state index in [1.807, 2.05) is 11.4 Å². The zero-order chi connectivity index (χ0) is 28.5. The number of rotatable bonds is 10. The minimum absolute atomic E-state index is 0.0124. The standard InChI is InChI=1S/C31H33FN4O4S/c32-22-8-11-24(20-7-12-27(33-17-20)35-13-3-6-28(35)37)25(16-22)26-18-41-31(34-26)36(23-9-10-23)30(40)21(15-29(38)39)14-19-4-1-2-5-19/h7-8,11-12,16-19,21,23H,1-6,9-10,13-15H2,(H,38,39)/t21-/m1/s1. The van der Waals surface area contributed by atoms with Crippen LogP contribution in [0.15, 0.2) is 41.9 Å². The summed E-state index contributed by atoms with van der Waals surface area (Å²) in [5.41, 5.74) is 2.63. The number of nitrogens with zero attached hydrogens (tertiary/aromatic N) is 4. The number of anilines is 2. The number of carbonyl (C=O) groups is 3. The highest BCUT2D eigenvalue weighted by Gasteiger charge is 2.40. The zero-order valence-corrected chi connectivity index (χ0v) is 23.6. The highest BCUT2D eigenvalue weighted by Crippen LogP contribution is 2.41. The third kappa shape index (κ3) is 6.02. The molecule has 2 amide bonds. The van der Waals surface area contributed by atoms with Crippen molar-refractivity contribution in [1.29, 1.82) is 0 Å². The van der Waals surface area contributed by atoms with Gasteiger partial charge < -0.3 is 5.11 Å². The highest BCUT2D eigenvalue weighted by molar-refractivity contribution is 7.14. The summed E-state index contributed by atoms with van der Waals surface area (Å²) >= 11 is 1.32. The number of amides is 2. The Morgan fingerprint density at radius 3 is 2.56 bits per heavy atom. The van der Waals surface area contributed by atoms with E-state index in [1.165, 1.54) is 23.5 Å². The number of aromatic nitrogens is 2. The second-order valence-corrected chi connectivity index (χ2v) is 12.2. The Balaban J connectivity index is 1.28. The van der Waals surface area contributed by atoms with Gasteiger partial charge in [0.15, 0.2) is 5.13 Å². The Morgan fingerprint density at radius 2 is 1.90 bits per heavy atom. The molecule has 1 N–H and O–H groups in total. The van der Waals surface area contributed by atoms with Crippen LogP contribution in [0.2, 0.25) is 0 Å². The fourth-order valence-corrected chi connectivity index (χ4v) is 7.07. The first-order valence-corrected chi connectivity index (χ1v) is 15.3. The van der Waals surface area contributed by atoms with Crippen LogP contribution >= 0.6 is 11.3 Å². The third-order valence-electron chi connectivity index (χ3n) is 8.38. The zero-order valence-electron chi connectivity index (χ0n) is 22.8. The molecule has 1 aromatic carbocycles. The van der Waals surface area contributed by atoms with Crippen molar-refractivity contribution in [1.82, 2.24) is 9.97 Å². The van der Waals surface area contributed by atoms with Gasteiger partial charge >= 0.3 is 5.97 Å². The highest BCUT2D eigenvalue weighted by atomic mass is 32.1. The van der Waals surface area contributed by atoms with Crippen molar-refractivity contribution in [3.05, 3.63) is 47.7 Å². The molecule has 3 heterocycles. The van der Waals surface area contributed by atoms with Crippen LogP contribution in [-0.2, 0) is 14.4 Å². The molecular formula is C31H33FN4O4S. The van der Waals surface area contributed by atoms with Crippen molar-refractivity contribution >= 4 is 40.1 Å². The molecule has 214 valence electrons. The van der Waals surface area contributed by atoms with E-state index >= 15 is 0 Å². The first kappa shape index (κ1) is 27.5. The fourth-order valence-electron chi connectivity index (χ4n) is 6.16. The van der Waals surface area contributed by atoms with E-state index < -0.39 is 17.7 Å². The summed E-state index contributed by atoms with van der Waals surface area (Å²) in [5.74, 6) is -1.07. The van der Waals surface area contributed by atoms with E-state index in [1.54, 1.807) is 28.1 Å². The molecule has 2 saturated carbocycles. The van der Waals surface area contributed by atoms with Crippen LogP contribution in [0.25, 0.3) is 22.4 Å². The Hall–Kier alpha value is -3.66. The molecule has 1 saturated heterocycles. The molecule has 3 aliphatic rings. The Bertz CT molecular complexity index is 1450. The molecule has 0 radical (unpaired) electrons. The quantitative estimate of drug-likeness (QED) is 0.304. The molecule has 1 atom stereocenters. The van der Waals surface area contributed by atoms with Crippen molar-refractivity contribution in [2.24, 2.45) is 11.8 Å². The Kier molecular flexibility index (Phi) is 7.84. The second kappa shape index (κ2) is 11.7. The number of pyridine rings is 1. The molecule has 41 heavy (non-hydrogen) atoms. The van der Waals surface area contributed by atoms with Gasteiger partial charge in [-0.15, -0.1) is 11.3 Å². The van der Waals surface area contributed by atoms with Gasteiger partial charge in [-0.3, -0.25) is 24.2 Å². The first-order chi connectivity index (χ1) is 19.9. The number of thiazole rings is 1. The van der Waals surface area contributed by atoms with Crippen LogP contribution < -0.4 is 9.80 Å². The van der Waals surface area contributed by atoms with Crippen molar-refractivity contribution in [3.63, 3.8) is 0 Å². The molecule has 3 fully saturated rings. The number of carboxylic acids is 1. The second-order valence-electron chi connectivity index (χ2n) is 11.4. The van der Waals surface area contributed by atoms with Crippen LogP contribution in [0.5, 0.6) is 0 Å². The lowest BCUT2D eigenvalue weighted by Crippen LogP contribution is -2.39. The van der Waals surface area contributed by atoms with Crippen LogP contribution in [0, 0.1) is 17.7 Å². The lowest BCUT2D eigenvalue weighted by molar-refractivity contribution is -0.141. The number of carbonyl (C=O) groups excluding carboxylic acids is 2. The maximum Gasteiger partial charge on any atom is 0.304 e. The number of halogens is 1. The number of benzene rings is 1. The van der Waals surface area contributed by atoms with Crippen molar-refractivity contribution in [2.45, 2.75) is 70.3 Å². The first-order valence-electron chi connectivity index (χ1n) is 14.4. The van der Waals surface area contributed by atoms with Crippen molar-refractivity contribution < 1.29 is 23.9 Å². The average Bonchev–Trinajstić information content (AvgIpc) is 3.30. The lowest BCUT2D eigenvalue weighted by atomic mass is 9.90. The van der Waals surface area contributed by atoms with E-state index in [9.17, 15) is 23.9 Å². The van der Waals surface area contributed by atoms with Gasteiger partial charge in [0.2, 0.25) is 11.8 Å². The Labute approximate surface area is 242 Å². The summed E-state index contributed by atoms with van der Waals surface area (Å²) < 4.78 is 14.5. The summed E-state index contributed by atoms with van der Waals surface area (Å²) in [6.45, 7) is 0.652. The molecule has 1 aliphatic heterocycles. The maximum atomic E-state index is 14.5. The van der Waals surface area contributed by atoms with E-state index in [-0.39, 0.29) is 24.3 Å². The molecular weight excluding hydrogens is 543 g/mol. The predicted octanol–water partition coefficient (Wildman–Crippen LogP) is 6.30. The molecule has 0 bridgehead atoms. The van der Waals surface area contributed by atoms with Crippen molar-refractivity contribution in [3.8, 4) is 22.4 Å². The SMILES string of the molecule is O=C(O)C[C@@H](CC1CCCC1)C(=O)N(c1nc(-c2cc(F)ccc2-c2ccc(N3CCCC3=O)nc2)cs1)C1CC1. The van der Waals surface area contributed by atoms with Crippen molar-refractivity contribution in [2.75, 3.05) is 16.3 Å². The fraction of sp³-hybridized carbons (Fsp3) is 0.452. The summed E-state index contributed by atoms with van der Waals surface area (Å²) in [4.78, 5) is 50.4. The average molecular weight is 577 g/mol. The van der Waals surface area contributed by atoms with Gasteiger partial charge in [-0.2, -0.15) is 0 Å². The maximum absolute atomic E-state index is 14.5. The topological polar surface area (TPSA) is 104 Å². The van der Waals surface area contributed by atoms with Crippen LogP contribution in [0.4, 0.5) is 15.3 Å². The number of carboxylic acid groups (broad SMARTS) is 1. The van der Waals surface area contributed by atoms with Crippen LogP contribution in [-0.4, -0.2) is 45.4 Å². The van der Waals surface area contributed by atoms with Gasteiger partial charge in [0, 0.05) is 47.6 Å². The number of hydrogen-bond acceptors (Lipinski definition) is 6. The van der Waals surface area contributed by atoms with Crippen LogP contribution in [0.1, 0.15) is 64.2 Å². The summed E-state index contributed by atoms with van der Waals surface area (Å²) in [6.07, 6.45) is 9.48. The summed E-state index contributed by atoms with van der Waals surface area (Å²) in [5, 5.41) is 11.9. The van der Waals surface area contributed by atoms with Gasteiger partial charge in [0.05, 0.1) is 12.1 Å². The normalized spacial score (nSPS) is 18.2. The molecule has 2 aliphatic carbocycles. The predicted molar refractivity (Wildman–Crippen MR) is 155 cm³/mol. The van der Waals surface area contributed by atoms with Gasteiger partial charge in [-0.25, -0.2) is 14.4 Å². The lowest BCUT2D eigenvalue weighted by Gasteiger charge is -2.26. The van der Waals surface area contributed by atoms with E-state index in [2.05, 4.69) is 4.98 Å².